The Hall–Kier alpha value is -3.43. The number of aromatic amines is 1. The van der Waals surface area contributed by atoms with Crippen molar-refractivity contribution in [2.75, 3.05) is 31.2 Å². The molecule has 5 rings (SSSR count). The van der Waals surface area contributed by atoms with Gasteiger partial charge in [-0.3, -0.25) is 0 Å². The van der Waals surface area contributed by atoms with Crippen LogP contribution >= 0.6 is 0 Å². The number of nitrogens with one attached hydrogen (secondary N) is 1. The molecule has 0 radical (unpaired) electrons. The van der Waals surface area contributed by atoms with Gasteiger partial charge in [0.25, 0.3) is 0 Å². The number of aromatic nitrogens is 3. The van der Waals surface area contributed by atoms with Crippen LogP contribution in [0.1, 0.15) is 17.3 Å². The average Bonchev–Trinajstić information content (AvgIpc) is 3.21. The Morgan fingerprint density at radius 3 is 2.59 bits per heavy atom. The van der Waals surface area contributed by atoms with Crippen LogP contribution in [0.5, 0.6) is 0 Å². The minimum Gasteiger partial charge on any atom is -0.378 e. The van der Waals surface area contributed by atoms with Crippen molar-refractivity contribution in [3.63, 3.8) is 0 Å². The zero-order valence-corrected chi connectivity index (χ0v) is 16.0. The number of anilines is 1. The maximum Gasteiger partial charge on any atom is 0.132 e. The van der Waals surface area contributed by atoms with Gasteiger partial charge in [-0.2, -0.15) is 5.26 Å². The highest BCUT2D eigenvalue weighted by Crippen LogP contribution is 2.29. The number of para-hydroxylation sites is 3. The highest BCUT2D eigenvalue weighted by atomic mass is 16.5. The van der Waals surface area contributed by atoms with E-state index in [0.717, 1.165) is 46.4 Å². The van der Waals surface area contributed by atoms with Gasteiger partial charge in [0, 0.05) is 18.5 Å². The number of morpholine rings is 1. The van der Waals surface area contributed by atoms with E-state index in [1.54, 1.807) is 0 Å². The molecule has 1 saturated heterocycles. The van der Waals surface area contributed by atoms with Crippen LogP contribution in [0, 0.1) is 11.3 Å². The highest BCUT2D eigenvalue weighted by Gasteiger charge is 2.22. The summed E-state index contributed by atoms with van der Waals surface area (Å²) in [5, 5.41) is 11.0. The number of ether oxygens (including phenoxy) is 1. The van der Waals surface area contributed by atoms with Crippen molar-refractivity contribution in [3.8, 4) is 6.07 Å². The predicted molar refractivity (Wildman–Crippen MR) is 113 cm³/mol. The van der Waals surface area contributed by atoms with Gasteiger partial charge in [-0.1, -0.05) is 30.3 Å². The summed E-state index contributed by atoms with van der Waals surface area (Å²) >= 11 is 0. The zero-order chi connectivity index (χ0) is 19.6. The van der Waals surface area contributed by atoms with Crippen molar-refractivity contribution >= 4 is 27.8 Å². The summed E-state index contributed by atoms with van der Waals surface area (Å²) in [6, 6.07) is 20.6. The fourth-order valence-electron chi connectivity index (χ4n) is 3.91. The smallest absolute Gasteiger partial charge is 0.132 e. The molecular weight excluding hydrogens is 362 g/mol. The van der Waals surface area contributed by atoms with E-state index in [2.05, 4.69) is 33.1 Å². The number of rotatable bonds is 4. The molecule has 0 saturated carbocycles. The molecule has 1 unspecified atom stereocenters. The molecule has 1 fully saturated rings. The first-order valence-electron chi connectivity index (χ1n) is 9.87. The number of imidazole rings is 1. The molecule has 6 heteroatoms. The van der Waals surface area contributed by atoms with E-state index < -0.39 is 0 Å². The molecule has 144 valence electrons. The van der Waals surface area contributed by atoms with Crippen LogP contribution in [0.15, 0.2) is 54.6 Å². The number of H-pyrrole nitrogens is 1. The molecular formula is C23H21N5O. The molecule has 3 heterocycles. The third kappa shape index (κ3) is 3.41. The second-order valence-electron chi connectivity index (χ2n) is 7.29. The molecule has 0 bridgehead atoms. The van der Waals surface area contributed by atoms with Crippen LogP contribution in [0.3, 0.4) is 0 Å². The van der Waals surface area contributed by atoms with Crippen LogP contribution in [0.25, 0.3) is 21.9 Å². The van der Waals surface area contributed by atoms with Crippen LogP contribution in [0.2, 0.25) is 0 Å². The summed E-state index contributed by atoms with van der Waals surface area (Å²) in [6.07, 6.45) is 0.556. The number of nitriles is 1. The fraction of sp³-hybridized carbons (Fsp3) is 0.261. The van der Waals surface area contributed by atoms with Gasteiger partial charge in [0.05, 0.1) is 35.8 Å². The number of pyridine rings is 1. The molecule has 2 aromatic heterocycles. The van der Waals surface area contributed by atoms with Gasteiger partial charge in [0.1, 0.15) is 17.6 Å². The van der Waals surface area contributed by atoms with E-state index >= 15 is 0 Å². The monoisotopic (exact) mass is 383 g/mol. The number of hydrogen-bond donors (Lipinski definition) is 1. The minimum atomic E-state index is -0.370. The quantitative estimate of drug-likeness (QED) is 0.580. The Kier molecular flexibility index (Phi) is 4.59. The lowest BCUT2D eigenvalue weighted by Gasteiger charge is -2.30. The number of fused-ring (bicyclic) bond motifs is 2. The fourth-order valence-corrected chi connectivity index (χ4v) is 3.91. The first kappa shape index (κ1) is 17.7. The summed E-state index contributed by atoms with van der Waals surface area (Å²) in [4.78, 5) is 15.2. The molecule has 4 aromatic rings. The van der Waals surface area contributed by atoms with E-state index in [-0.39, 0.29) is 5.92 Å². The number of benzene rings is 2. The molecule has 2 aromatic carbocycles. The minimum absolute atomic E-state index is 0.370. The topological polar surface area (TPSA) is 77.8 Å². The summed E-state index contributed by atoms with van der Waals surface area (Å²) in [6.45, 7) is 3.00. The molecule has 1 aliphatic rings. The second kappa shape index (κ2) is 7.53. The standard InChI is InChI=1S/C23H21N5O/c24-15-18(22-25-20-7-3-4-8-21(20)26-22)14-17-13-16-5-1-2-6-19(16)27-23(17)28-9-11-29-12-10-28/h1-8,13,18H,9-12,14H2,(H,25,26). The van der Waals surface area contributed by atoms with Gasteiger partial charge in [-0.25, -0.2) is 9.97 Å². The second-order valence-corrected chi connectivity index (χ2v) is 7.29. The normalized spacial score (nSPS) is 15.5. The van der Waals surface area contributed by atoms with Crippen molar-refractivity contribution in [1.29, 1.82) is 5.26 Å². The van der Waals surface area contributed by atoms with E-state index in [9.17, 15) is 5.26 Å². The Balaban J connectivity index is 1.55. The van der Waals surface area contributed by atoms with Crippen molar-refractivity contribution in [2.24, 2.45) is 0 Å². The first-order chi connectivity index (χ1) is 14.3. The van der Waals surface area contributed by atoms with Crippen LogP contribution in [-0.2, 0) is 11.2 Å². The lowest BCUT2D eigenvalue weighted by atomic mass is 9.98. The number of nitrogens with zero attached hydrogens (tertiary/aromatic N) is 4. The molecule has 0 aliphatic carbocycles. The molecule has 6 nitrogen and oxygen atoms in total. The molecule has 1 atom stereocenters. The molecule has 0 amide bonds. The summed E-state index contributed by atoms with van der Waals surface area (Å²) in [7, 11) is 0. The van der Waals surface area contributed by atoms with Crippen molar-refractivity contribution < 1.29 is 4.74 Å². The molecule has 1 N–H and O–H groups in total. The third-order valence-electron chi connectivity index (χ3n) is 5.41. The van der Waals surface area contributed by atoms with Gasteiger partial charge in [0.2, 0.25) is 0 Å². The molecule has 1 aliphatic heterocycles. The predicted octanol–water partition coefficient (Wildman–Crippen LogP) is 3.80. The summed E-state index contributed by atoms with van der Waals surface area (Å²) in [5.41, 5.74) is 3.87. The van der Waals surface area contributed by atoms with E-state index in [1.165, 1.54) is 0 Å². The Morgan fingerprint density at radius 2 is 1.79 bits per heavy atom. The Bertz CT molecular complexity index is 1170. The van der Waals surface area contributed by atoms with Gasteiger partial charge in [-0.15, -0.1) is 0 Å². The van der Waals surface area contributed by atoms with Crippen LogP contribution < -0.4 is 4.90 Å². The SMILES string of the molecule is N#CC(Cc1cc2ccccc2nc1N1CCOCC1)c1nc2ccccc2[nH]1. The lowest BCUT2D eigenvalue weighted by Crippen LogP contribution is -2.37. The Labute approximate surface area is 168 Å². The van der Waals surface area contributed by atoms with Crippen molar-refractivity contribution in [3.05, 3.63) is 66.0 Å². The van der Waals surface area contributed by atoms with Gasteiger partial charge in [0.15, 0.2) is 0 Å². The van der Waals surface area contributed by atoms with Crippen LogP contribution in [-0.4, -0.2) is 41.3 Å². The largest absolute Gasteiger partial charge is 0.378 e. The maximum absolute atomic E-state index is 9.92. The van der Waals surface area contributed by atoms with Gasteiger partial charge < -0.3 is 14.6 Å². The summed E-state index contributed by atoms with van der Waals surface area (Å²) < 4.78 is 5.52. The average molecular weight is 383 g/mol. The first-order valence-corrected chi connectivity index (χ1v) is 9.87. The zero-order valence-electron chi connectivity index (χ0n) is 16.0. The third-order valence-corrected chi connectivity index (χ3v) is 5.41. The lowest BCUT2D eigenvalue weighted by molar-refractivity contribution is 0.122. The molecule has 0 spiro atoms. The Morgan fingerprint density at radius 1 is 1.03 bits per heavy atom. The van der Waals surface area contributed by atoms with Gasteiger partial charge in [-0.05, 0) is 36.2 Å². The van der Waals surface area contributed by atoms with E-state index in [0.29, 0.717) is 25.5 Å². The van der Waals surface area contributed by atoms with E-state index in [1.807, 2.05) is 42.5 Å². The number of hydrogen-bond acceptors (Lipinski definition) is 5. The molecule has 29 heavy (non-hydrogen) atoms. The van der Waals surface area contributed by atoms with Crippen molar-refractivity contribution in [2.45, 2.75) is 12.3 Å². The summed E-state index contributed by atoms with van der Waals surface area (Å²) in [5.74, 6) is 1.28. The van der Waals surface area contributed by atoms with Gasteiger partial charge >= 0.3 is 0 Å². The highest BCUT2D eigenvalue weighted by molar-refractivity contribution is 5.82. The maximum atomic E-state index is 9.92. The van der Waals surface area contributed by atoms with Crippen molar-refractivity contribution in [1.82, 2.24) is 15.0 Å². The van der Waals surface area contributed by atoms with E-state index in [4.69, 9.17) is 9.72 Å². The van der Waals surface area contributed by atoms with Crippen LogP contribution in [0.4, 0.5) is 5.82 Å².